The van der Waals surface area contributed by atoms with Crippen LogP contribution in [0.4, 0.5) is 0 Å². The fourth-order valence-corrected chi connectivity index (χ4v) is 2.21. The summed E-state index contributed by atoms with van der Waals surface area (Å²) in [6.07, 6.45) is 8.36. The number of ether oxygens (including phenoxy) is 2. The van der Waals surface area contributed by atoms with Gasteiger partial charge in [0.25, 0.3) is 0 Å². The Morgan fingerprint density at radius 3 is 1.09 bits per heavy atom. The molecule has 0 heterocycles. The van der Waals surface area contributed by atoms with Crippen LogP contribution < -0.4 is 0 Å². The third kappa shape index (κ3) is 17.1. The zero-order chi connectivity index (χ0) is 17.9. The van der Waals surface area contributed by atoms with E-state index in [1.165, 1.54) is 0 Å². The van der Waals surface area contributed by atoms with E-state index < -0.39 is 0 Å². The summed E-state index contributed by atoms with van der Waals surface area (Å²) in [6, 6.07) is 0. The smallest absolute Gasteiger partial charge is 0.306 e. The van der Waals surface area contributed by atoms with Crippen LogP contribution in [0.2, 0.25) is 0 Å². The van der Waals surface area contributed by atoms with Crippen molar-refractivity contribution in [3.05, 3.63) is 0 Å². The Balaban J connectivity index is 3.41. The molecular formula is C19H36O4. The highest BCUT2D eigenvalue weighted by Gasteiger charge is 2.16. The summed E-state index contributed by atoms with van der Waals surface area (Å²) in [5.41, 5.74) is -0.767. The molecule has 0 aliphatic rings. The minimum atomic E-state index is -0.384. The maximum atomic E-state index is 11.5. The Morgan fingerprint density at radius 1 is 0.565 bits per heavy atom. The van der Waals surface area contributed by atoms with E-state index in [1.807, 2.05) is 41.5 Å². The van der Waals surface area contributed by atoms with Crippen molar-refractivity contribution < 1.29 is 19.1 Å². The lowest BCUT2D eigenvalue weighted by Gasteiger charge is -2.19. The molecule has 0 aromatic rings. The monoisotopic (exact) mass is 328 g/mol. The number of hydrogen-bond acceptors (Lipinski definition) is 4. The number of unbranched alkanes of at least 4 members (excludes halogenated alkanes) is 6. The first-order valence-corrected chi connectivity index (χ1v) is 8.93. The highest BCUT2D eigenvalue weighted by molar-refractivity contribution is 5.70. The fraction of sp³-hybridized carbons (Fsp3) is 0.895. The standard InChI is InChI=1S/C19H36O4/c1-18(2,3)22-16(20)14-12-10-8-7-9-11-13-15-17(21)23-19(4,5)6/h7-15H2,1-6H3. The van der Waals surface area contributed by atoms with E-state index in [2.05, 4.69) is 0 Å². The molecule has 0 unspecified atom stereocenters. The maximum Gasteiger partial charge on any atom is 0.306 e. The molecular weight excluding hydrogens is 292 g/mol. The summed E-state index contributed by atoms with van der Waals surface area (Å²) < 4.78 is 10.5. The maximum absolute atomic E-state index is 11.5. The molecule has 0 aliphatic carbocycles. The molecule has 0 N–H and O–H groups in total. The van der Waals surface area contributed by atoms with Crippen molar-refractivity contribution in [1.29, 1.82) is 0 Å². The average molecular weight is 328 g/mol. The molecule has 4 nitrogen and oxygen atoms in total. The van der Waals surface area contributed by atoms with Crippen LogP contribution in [0.1, 0.15) is 99.3 Å². The van der Waals surface area contributed by atoms with E-state index in [0.717, 1.165) is 44.9 Å². The first kappa shape index (κ1) is 21.9. The van der Waals surface area contributed by atoms with Gasteiger partial charge in [0.15, 0.2) is 0 Å². The van der Waals surface area contributed by atoms with Gasteiger partial charge in [-0.25, -0.2) is 0 Å². The van der Waals surface area contributed by atoms with Gasteiger partial charge in [0.2, 0.25) is 0 Å². The van der Waals surface area contributed by atoms with Crippen molar-refractivity contribution in [3.8, 4) is 0 Å². The van der Waals surface area contributed by atoms with Crippen molar-refractivity contribution in [1.82, 2.24) is 0 Å². The zero-order valence-corrected chi connectivity index (χ0v) is 16.0. The van der Waals surface area contributed by atoms with Crippen molar-refractivity contribution >= 4 is 11.9 Å². The molecule has 23 heavy (non-hydrogen) atoms. The molecule has 0 spiro atoms. The van der Waals surface area contributed by atoms with Crippen LogP contribution in [0.3, 0.4) is 0 Å². The predicted molar refractivity (Wildman–Crippen MR) is 93.2 cm³/mol. The topological polar surface area (TPSA) is 52.6 Å². The van der Waals surface area contributed by atoms with Crippen LogP contribution in [-0.2, 0) is 19.1 Å². The summed E-state index contributed by atoms with van der Waals surface area (Å²) in [7, 11) is 0. The number of carbonyl (C=O) groups excluding carboxylic acids is 2. The largest absolute Gasteiger partial charge is 0.460 e. The summed E-state index contributed by atoms with van der Waals surface area (Å²) in [4.78, 5) is 23.1. The van der Waals surface area contributed by atoms with Crippen molar-refractivity contribution in [2.24, 2.45) is 0 Å². The lowest BCUT2D eigenvalue weighted by molar-refractivity contribution is -0.156. The quantitative estimate of drug-likeness (QED) is 0.409. The van der Waals surface area contributed by atoms with Gasteiger partial charge in [-0.2, -0.15) is 0 Å². The van der Waals surface area contributed by atoms with E-state index in [0.29, 0.717) is 12.8 Å². The predicted octanol–water partition coefficient (Wildman–Crippen LogP) is 5.18. The van der Waals surface area contributed by atoms with Crippen molar-refractivity contribution in [2.45, 2.75) is 111 Å². The van der Waals surface area contributed by atoms with Crippen molar-refractivity contribution in [2.75, 3.05) is 0 Å². The second-order valence-electron chi connectivity index (χ2n) is 8.15. The van der Waals surface area contributed by atoms with Gasteiger partial charge in [0.05, 0.1) is 0 Å². The lowest BCUT2D eigenvalue weighted by Crippen LogP contribution is -2.23. The highest BCUT2D eigenvalue weighted by atomic mass is 16.6. The molecule has 0 aromatic carbocycles. The van der Waals surface area contributed by atoms with E-state index in [4.69, 9.17) is 9.47 Å². The third-order valence-electron chi connectivity index (χ3n) is 3.10. The van der Waals surface area contributed by atoms with Gasteiger partial charge in [-0.15, -0.1) is 0 Å². The number of rotatable bonds is 10. The van der Waals surface area contributed by atoms with E-state index in [1.54, 1.807) is 0 Å². The van der Waals surface area contributed by atoms with Gasteiger partial charge < -0.3 is 9.47 Å². The summed E-state index contributed by atoms with van der Waals surface area (Å²) in [5, 5.41) is 0. The summed E-state index contributed by atoms with van der Waals surface area (Å²) in [5.74, 6) is -0.204. The zero-order valence-electron chi connectivity index (χ0n) is 16.0. The van der Waals surface area contributed by atoms with Crippen LogP contribution in [0, 0.1) is 0 Å². The number of esters is 2. The molecule has 0 aromatic heterocycles. The first-order valence-electron chi connectivity index (χ1n) is 8.93. The fourth-order valence-electron chi connectivity index (χ4n) is 2.21. The SMILES string of the molecule is CC(C)(C)OC(=O)CCCCCCCCCC(=O)OC(C)(C)C. The first-order chi connectivity index (χ1) is 10.5. The molecule has 0 rings (SSSR count). The molecule has 0 radical (unpaired) electrons. The number of carbonyl (C=O) groups is 2. The van der Waals surface area contributed by atoms with Crippen LogP contribution in [0.15, 0.2) is 0 Å². The minimum absolute atomic E-state index is 0.102. The normalized spacial score (nSPS) is 12.1. The Morgan fingerprint density at radius 2 is 0.826 bits per heavy atom. The Hall–Kier alpha value is -1.06. The van der Waals surface area contributed by atoms with Gasteiger partial charge in [-0.1, -0.05) is 32.1 Å². The molecule has 0 atom stereocenters. The van der Waals surface area contributed by atoms with Gasteiger partial charge >= 0.3 is 11.9 Å². The Bertz CT molecular complexity index is 313. The van der Waals surface area contributed by atoms with Gasteiger partial charge in [0, 0.05) is 12.8 Å². The van der Waals surface area contributed by atoms with Crippen LogP contribution in [-0.4, -0.2) is 23.1 Å². The molecule has 0 saturated carbocycles. The Labute approximate surface area is 142 Å². The highest BCUT2D eigenvalue weighted by Crippen LogP contribution is 2.14. The lowest BCUT2D eigenvalue weighted by atomic mass is 10.1. The van der Waals surface area contributed by atoms with E-state index in [9.17, 15) is 9.59 Å². The van der Waals surface area contributed by atoms with Gasteiger partial charge in [0.1, 0.15) is 11.2 Å². The molecule has 0 amide bonds. The number of hydrogen-bond donors (Lipinski definition) is 0. The molecule has 0 saturated heterocycles. The second kappa shape index (κ2) is 10.7. The average Bonchev–Trinajstić information content (AvgIpc) is 2.32. The minimum Gasteiger partial charge on any atom is -0.460 e. The molecule has 136 valence electrons. The molecule has 0 bridgehead atoms. The Kier molecular flexibility index (Phi) is 10.2. The van der Waals surface area contributed by atoms with Gasteiger partial charge in [-0.3, -0.25) is 9.59 Å². The van der Waals surface area contributed by atoms with Crippen LogP contribution >= 0.6 is 0 Å². The van der Waals surface area contributed by atoms with Gasteiger partial charge in [-0.05, 0) is 54.4 Å². The van der Waals surface area contributed by atoms with E-state index >= 15 is 0 Å². The van der Waals surface area contributed by atoms with Crippen LogP contribution in [0.5, 0.6) is 0 Å². The second-order valence-corrected chi connectivity index (χ2v) is 8.15. The molecule has 4 heteroatoms. The van der Waals surface area contributed by atoms with Crippen LogP contribution in [0.25, 0.3) is 0 Å². The molecule has 0 aliphatic heterocycles. The summed E-state index contributed by atoms with van der Waals surface area (Å²) >= 11 is 0. The third-order valence-corrected chi connectivity index (χ3v) is 3.10. The summed E-state index contributed by atoms with van der Waals surface area (Å²) in [6.45, 7) is 11.3. The van der Waals surface area contributed by atoms with E-state index in [-0.39, 0.29) is 23.1 Å². The van der Waals surface area contributed by atoms with Crippen molar-refractivity contribution in [3.63, 3.8) is 0 Å². The molecule has 0 fully saturated rings.